The average molecular weight is 582 g/mol. The summed E-state index contributed by atoms with van der Waals surface area (Å²) in [5.74, 6) is 0.132. The van der Waals surface area contributed by atoms with Crippen molar-refractivity contribution in [3.8, 4) is 0 Å². The number of halogens is 1. The molecule has 1 N–H and O–H groups in total. The molecule has 2 aliphatic rings. The van der Waals surface area contributed by atoms with Crippen LogP contribution in [0.15, 0.2) is 83.9 Å². The quantitative estimate of drug-likeness (QED) is 0.257. The lowest BCUT2D eigenvalue weighted by Gasteiger charge is -2.33. The Kier molecular flexibility index (Phi) is 7.30. The van der Waals surface area contributed by atoms with Gasteiger partial charge in [-0.25, -0.2) is 4.99 Å². The molecule has 41 heavy (non-hydrogen) atoms. The molecule has 0 saturated heterocycles. The zero-order valence-corrected chi connectivity index (χ0v) is 25.0. The molecule has 0 spiro atoms. The molecule has 208 valence electrons. The molecule has 0 fully saturated rings. The van der Waals surface area contributed by atoms with Crippen LogP contribution in [0.4, 0.5) is 16.4 Å². The van der Waals surface area contributed by atoms with Crippen molar-refractivity contribution in [2.24, 2.45) is 16.3 Å². The Bertz CT molecular complexity index is 1670. The molecule has 6 rings (SSSR count). The largest absolute Gasteiger partial charge is 0.322 e. The number of nitrogens with zero attached hydrogens (tertiary/aromatic N) is 2. The van der Waals surface area contributed by atoms with Crippen molar-refractivity contribution >= 4 is 56.8 Å². The van der Waals surface area contributed by atoms with Crippen LogP contribution in [0, 0.1) is 11.3 Å². The number of carbonyl (C=O) groups is 2. The molecule has 1 aliphatic heterocycles. The van der Waals surface area contributed by atoms with Crippen molar-refractivity contribution in [2.45, 2.75) is 46.6 Å². The summed E-state index contributed by atoms with van der Waals surface area (Å²) in [5.41, 5.74) is 5.32. The zero-order valence-electron chi connectivity index (χ0n) is 23.4. The molecule has 5 nitrogen and oxygen atoms in total. The van der Waals surface area contributed by atoms with Gasteiger partial charge in [-0.3, -0.25) is 9.59 Å². The molecule has 1 aliphatic carbocycles. The van der Waals surface area contributed by atoms with E-state index in [1.807, 2.05) is 78.9 Å². The van der Waals surface area contributed by atoms with Gasteiger partial charge in [0, 0.05) is 21.2 Å². The average Bonchev–Trinajstić information content (AvgIpc) is 3.44. The van der Waals surface area contributed by atoms with Gasteiger partial charge in [-0.05, 0) is 66.0 Å². The van der Waals surface area contributed by atoms with Crippen molar-refractivity contribution in [1.29, 1.82) is 0 Å². The van der Waals surface area contributed by atoms with Gasteiger partial charge < -0.3 is 10.2 Å². The van der Waals surface area contributed by atoms with Gasteiger partial charge in [0.1, 0.15) is 10.7 Å². The number of nitrogens with one attached hydrogen (secondary N) is 1. The number of hydrogen-bond acceptors (Lipinski definition) is 4. The minimum Gasteiger partial charge on any atom is -0.322 e. The van der Waals surface area contributed by atoms with Crippen molar-refractivity contribution in [1.82, 2.24) is 0 Å². The third kappa shape index (κ3) is 5.34. The van der Waals surface area contributed by atoms with Gasteiger partial charge in [0.15, 0.2) is 0 Å². The molecular formula is C34H32ClN3O2S. The van der Waals surface area contributed by atoms with Crippen LogP contribution in [-0.2, 0) is 24.2 Å². The van der Waals surface area contributed by atoms with Gasteiger partial charge >= 0.3 is 0 Å². The second kappa shape index (κ2) is 10.9. The Morgan fingerprint density at radius 2 is 1.73 bits per heavy atom. The van der Waals surface area contributed by atoms with Gasteiger partial charge in [-0.1, -0.05) is 87.0 Å². The van der Waals surface area contributed by atoms with Crippen molar-refractivity contribution < 1.29 is 9.59 Å². The zero-order chi connectivity index (χ0) is 28.7. The van der Waals surface area contributed by atoms with Crippen molar-refractivity contribution in [3.63, 3.8) is 0 Å². The van der Waals surface area contributed by atoms with Crippen LogP contribution in [0.3, 0.4) is 0 Å². The Morgan fingerprint density at radius 1 is 1.02 bits per heavy atom. The molecule has 0 unspecified atom stereocenters. The molecule has 0 radical (unpaired) electrons. The Hall–Kier alpha value is -3.74. The van der Waals surface area contributed by atoms with E-state index in [-0.39, 0.29) is 17.2 Å². The predicted octanol–water partition coefficient (Wildman–Crippen LogP) is 8.47. The van der Waals surface area contributed by atoms with E-state index in [1.54, 1.807) is 16.2 Å². The summed E-state index contributed by atoms with van der Waals surface area (Å²) >= 11 is 8.01. The SMILES string of the molecule is CC(C)(C)[C@@H]1CCc2c(sc(N=C3C(=O)N(Cc4ccccc4Cl)c4ccccc43)c2C(=O)Nc2ccccc2)C1. The van der Waals surface area contributed by atoms with Crippen LogP contribution < -0.4 is 10.2 Å². The third-order valence-corrected chi connectivity index (χ3v) is 9.64. The number of amides is 2. The van der Waals surface area contributed by atoms with Gasteiger partial charge in [0.05, 0.1) is 17.8 Å². The molecule has 7 heteroatoms. The smallest absolute Gasteiger partial charge is 0.277 e. The molecule has 2 heterocycles. The number of aliphatic imine (C=N–C) groups is 1. The Morgan fingerprint density at radius 3 is 2.49 bits per heavy atom. The first-order chi connectivity index (χ1) is 19.7. The van der Waals surface area contributed by atoms with Crippen LogP contribution in [0.1, 0.15) is 59.1 Å². The van der Waals surface area contributed by atoms with Crippen LogP contribution in [0.2, 0.25) is 5.02 Å². The number of benzene rings is 3. The van der Waals surface area contributed by atoms with E-state index < -0.39 is 0 Å². The van der Waals surface area contributed by atoms with Crippen LogP contribution in [-0.4, -0.2) is 17.5 Å². The maximum Gasteiger partial charge on any atom is 0.277 e. The van der Waals surface area contributed by atoms with E-state index in [9.17, 15) is 9.59 Å². The fourth-order valence-corrected chi connectivity index (χ4v) is 7.26. The van der Waals surface area contributed by atoms with Gasteiger partial charge in [-0.15, -0.1) is 11.3 Å². The highest BCUT2D eigenvalue weighted by atomic mass is 35.5. The number of thiophene rings is 1. The number of hydrogen-bond donors (Lipinski definition) is 1. The number of rotatable bonds is 5. The topological polar surface area (TPSA) is 61.8 Å². The fourth-order valence-electron chi connectivity index (χ4n) is 5.76. The third-order valence-electron chi connectivity index (χ3n) is 8.13. The maximum absolute atomic E-state index is 13.9. The first-order valence-corrected chi connectivity index (χ1v) is 15.1. The highest BCUT2D eigenvalue weighted by Gasteiger charge is 2.37. The molecule has 0 saturated carbocycles. The molecule has 2 amide bonds. The minimum atomic E-state index is -0.195. The van der Waals surface area contributed by atoms with E-state index in [0.29, 0.717) is 33.8 Å². The van der Waals surface area contributed by atoms with E-state index >= 15 is 0 Å². The molecule has 3 aromatic carbocycles. The Balaban J connectivity index is 1.43. The highest BCUT2D eigenvalue weighted by molar-refractivity contribution is 7.16. The van der Waals surface area contributed by atoms with Gasteiger partial charge in [-0.2, -0.15) is 0 Å². The summed E-state index contributed by atoms with van der Waals surface area (Å²) in [6.07, 6.45) is 2.74. The Labute approximate surface area is 249 Å². The number of carbonyl (C=O) groups excluding carboxylic acids is 2. The molecular weight excluding hydrogens is 550 g/mol. The van der Waals surface area contributed by atoms with E-state index in [2.05, 4.69) is 26.1 Å². The predicted molar refractivity (Wildman–Crippen MR) is 169 cm³/mol. The summed E-state index contributed by atoms with van der Waals surface area (Å²) in [4.78, 5) is 35.7. The van der Waals surface area contributed by atoms with Gasteiger partial charge in [0.2, 0.25) is 0 Å². The van der Waals surface area contributed by atoms with Crippen LogP contribution in [0.25, 0.3) is 0 Å². The lowest BCUT2D eigenvalue weighted by molar-refractivity contribution is -0.112. The van der Waals surface area contributed by atoms with E-state index in [0.717, 1.165) is 47.3 Å². The standard InChI is InChI=1S/C34H32ClN3O2S/c1-34(2,3)22-17-18-25-28(19-22)41-32(29(25)31(39)36-23-12-5-4-6-13-23)37-30-24-14-8-10-16-27(24)38(33(30)40)20-21-11-7-9-15-26(21)35/h4-16,22H,17-20H2,1-3H3,(H,36,39)/t22-/m1/s1. The van der Waals surface area contributed by atoms with E-state index in [4.69, 9.17) is 16.6 Å². The molecule has 1 atom stereocenters. The number of para-hydroxylation sites is 2. The second-order valence-electron chi connectivity index (χ2n) is 11.8. The second-order valence-corrected chi connectivity index (χ2v) is 13.3. The first-order valence-electron chi connectivity index (χ1n) is 13.9. The summed E-state index contributed by atoms with van der Waals surface area (Å²) in [6.45, 7) is 7.18. The minimum absolute atomic E-state index is 0.166. The first kappa shape index (κ1) is 27.4. The van der Waals surface area contributed by atoms with Crippen LogP contribution >= 0.6 is 22.9 Å². The normalized spacial score (nSPS) is 17.5. The van der Waals surface area contributed by atoms with Gasteiger partial charge in [0.25, 0.3) is 11.8 Å². The van der Waals surface area contributed by atoms with Crippen molar-refractivity contribution in [3.05, 3.63) is 111 Å². The molecule has 1 aromatic heterocycles. The summed E-state index contributed by atoms with van der Waals surface area (Å²) in [7, 11) is 0. The lowest BCUT2D eigenvalue weighted by atomic mass is 9.72. The van der Waals surface area contributed by atoms with Crippen LogP contribution in [0.5, 0.6) is 0 Å². The van der Waals surface area contributed by atoms with E-state index in [1.165, 1.54) is 4.88 Å². The summed E-state index contributed by atoms with van der Waals surface area (Å²) in [6, 6.07) is 24.7. The number of fused-ring (bicyclic) bond motifs is 2. The number of anilines is 2. The summed E-state index contributed by atoms with van der Waals surface area (Å²) < 4.78 is 0. The molecule has 0 bridgehead atoms. The maximum atomic E-state index is 13.9. The highest BCUT2D eigenvalue weighted by Crippen LogP contribution is 2.46. The monoisotopic (exact) mass is 581 g/mol. The fraction of sp³-hybridized carbons (Fsp3) is 0.265. The molecule has 4 aromatic rings. The summed E-state index contributed by atoms with van der Waals surface area (Å²) in [5, 5.41) is 4.27. The van der Waals surface area contributed by atoms with Crippen molar-refractivity contribution in [2.75, 3.05) is 10.2 Å². The lowest BCUT2D eigenvalue weighted by Crippen LogP contribution is -2.29.